The van der Waals surface area contributed by atoms with E-state index in [4.69, 9.17) is 5.26 Å². The molecule has 7 heteroatoms. The Labute approximate surface area is 144 Å². The summed E-state index contributed by atoms with van der Waals surface area (Å²) in [5.74, 6) is -0.967. The lowest BCUT2D eigenvalue weighted by Crippen LogP contribution is -2.14. The summed E-state index contributed by atoms with van der Waals surface area (Å²) in [6.45, 7) is 0. The average Bonchev–Trinajstić information content (AvgIpc) is 2.64. The number of rotatable bonds is 5. The van der Waals surface area contributed by atoms with E-state index in [1.54, 1.807) is 30.3 Å². The van der Waals surface area contributed by atoms with Crippen LogP contribution in [0, 0.1) is 11.3 Å². The van der Waals surface area contributed by atoms with E-state index in [0.29, 0.717) is 16.9 Å². The Hall–Kier alpha value is -3.79. The molecule has 0 saturated carbocycles. The first-order valence-electron chi connectivity index (χ1n) is 7.19. The van der Waals surface area contributed by atoms with E-state index in [1.807, 2.05) is 0 Å². The van der Waals surface area contributed by atoms with E-state index in [1.165, 1.54) is 37.6 Å². The molecular formula is C18H15N3O4. The first kappa shape index (κ1) is 17.6. The number of ether oxygens (including phenoxy) is 1. The Morgan fingerprint density at radius 3 is 2.24 bits per heavy atom. The molecule has 7 nitrogen and oxygen atoms in total. The van der Waals surface area contributed by atoms with Gasteiger partial charge in [0.25, 0.3) is 5.91 Å². The predicted molar refractivity (Wildman–Crippen MR) is 91.8 cm³/mol. The number of phenolic OH excluding ortho intramolecular Hbond substituents is 1. The Kier molecular flexibility index (Phi) is 5.74. The van der Waals surface area contributed by atoms with Gasteiger partial charge in [0.2, 0.25) is 0 Å². The minimum atomic E-state index is -0.591. The van der Waals surface area contributed by atoms with Gasteiger partial charge in [-0.3, -0.25) is 4.79 Å². The van der Waals surface area contributed by atoms with Crippen molar-refractivity contribution in [1.82, 2.24) is 0 Å². The number of hydrogen-bond donors (Lipinski definition) is 3. The predicted octanol–water partition coefficient (Wildman–Crippen LogP) is 2.64. The molecule has 0 aliphatic heterocycles. The lowest BCUT2D eigenvalue weighted by atomic mass is 10.2. The lowest BCUT2D eigenvalue weighted by Gasteiger charge is -2.06. The molecular weight excluding hydrogens is 322 g/mol. The van der Waals surface area contributed by atoms with Crippen LogP contribution in [0.4, 0.5) is 11.4 Å². The summed E-state index contributed by atoms with van der Waals surface area (Å²) in [5.41, 5.74) is 1.30. The fourth-order valence-corrected chi connectivity index (χ4v) is 1.87. The second-order valence-electron chi connectivity index (χ2n) is 4.88. The van der Waals surface area contributed by atoms with Crippen LogP contribution in [0.2, 0.25) is 0 Å². The van der Waals surface area contributed by atoms with Crippen LogP contribution in [0.5, 0.6) is 5.75 Å². The second kappa shape index (κ2) is 8.17. The van der Waals surface area contributed by atoms with Gasteiger partial charge in [-0.1, -0.05) is 0 Å². The summed E-state index contributed by atoms with van der Waals surface area (Å²) in [5, 5.41) is 23.7. The van der Waals surface area contributed by atoms with Gasteiger partial charge in [-0.25, -0.2) is 4.79 Å². The average molecular weight is 337 g/mol. The number of phenols is 1. The maximum Gasteiger partial charge on any atom is 0.337 e. The molecule has 0 unspecified atom stereocenters. The van der Waals surface area contributed by atoms with Crippen LogP contribution >= 0.6 is 0 Å². The zero-order chi connectivity index (χ0) is 18.2. The molecule has 0 aliphatic carbocycles. The van der Waals surface area contributed by atoms with Crippen LogP contribution in [-0.2, 0) is 9.53 Å². The van der Waals surface area contributed by atoms with Gasteiger partial charge >= 0.3 is 5.97 Å². The van der Waals surface area contributed by atoms with Gasteiger partial charge in [0.05, 0.1) is 12.7 Å². The third kappa shape index (κ3) is 4.84. The highest BCUT2D eigenvalue weighted by Gasteiger charge is 2.09. The summed E-state index contributed by atoms with van der Waals surface area (Å²) in [7, 11) is 1.29. The van der Waals surface area contributed by atoms with E-state index < -0.39 is 11.9 Å². The van der Waals surface area contributed by atoms with Crippen molar-refractivity contribution in [2.75, 3.05) is 17.7 Å². The zero-order valence-corrected chi connectivity index (χ0v) is 13.3. The number of nitrogens with zero attached hydrogens (tertiary/aromatic N) is 1. The normalized spacial score (nSPS) is 10.5. The fraction of sp³-hybridized carbons (Fsp3) is 0.0556. The number of methoxy groups -OCH3 is 1. The highest BCUT2D eigenvalue weighted by molar-refractivity contribution is 6.06. The van der Waals surface area contributed by atoms with E-state index in [2.05, 4.69) is 15.4 Å². The number of carbonyl (C=O) groups is 2. The van der Waals surface area contributed by atoms with Crippen molar-refractivity contribution in [2.45, 2.75) is 0 Å². The van der Waals surface area contributed by atoms with Crippen LogP contribution in [0.3, 0.4) is 0 Å². The number of nitriles is 1. The van der Waals surface area contributed by atoms with Crippen molar-refractivity contribution >= 4 is 23.3 Å². The molecule has 0 fully saturated rings. The van der Waals surface area contributed by atoms with Crippen molar-refractivity contribution in [3.8, 4) is 11.8 Å². The smallest absolute Gasteiger partial charge is 0.337 e. The standard InChI is InChI=1S/C18H15N3O4/c1-25-18(24)12-2-4-14(5-3-12)20-11-13(10-19)17(23)21-15-6-8-16(22)9-7-15/h2-9,11,20,22H,1H3,(H,21,23)/b13-11-. The molecule has 25 heavy (non-hydrogen) atoms. The number of aromatic hydroxyl groups is 1. The van der Waals surface area contributed by atoms with Crippen molar-refractivity contribution in [1.29, 1.82) is 5.26 Å². The van der Waals surface area contributed by atoms with E-state index in [0.717, 1.165) is 0 Å². The van der Waals surface area contributed by atoms with Crippen LogP contribution in [0.1, 0.15) is 10.4 Å². The number of amides is 1. The number of nitrogens with one attached hydrogen (secondary N) is 2. The largest absolute Gasteiger partial charge is 0.508 e. The van der Waals surface area contributed by atoms with Crippen molar-refractivity contribution < 1.29 is 19.4 Å². The molecule has 126 valence electrons. The molecule has 1 amide bonds. The summed E-state index contributed by atoms with van der Waals surface area (Å²) in [6, 6.07) is 14.0. The second-order valence-corrected chi connectivity index (χ2v) is 4.88. The maximum absolute atomic E-state index is 12.1. The molecule has 0 aliphatic rings. The summed E-state index contributed by atoms with van der Waals surface area (Å²) >= 11 is 0. The van der Waals surface area contributed by atoms with Crippen molar-refractivity contribution in [3.05, 3.63) is 65.9 Å². The molecule has 2 rings (SSSR count). The topological polar surface area (TPSA) is 111 Å². The number of esters is 1. The summed E-state index contributed by atoms with van der Waals surface area (Å²) < 4.78 is 4.60. The molecule has 0 saturated heterocycles. The highest BCUT2D eigenvalue weighted by atomic mass is 16.5. The monoisotopic (exact) mass is 337 g/mol. The van der Waals surface area contributed by atoms with Gasteiger partial charge in [0.15, 0.2) is 0 Å². The van der Waals surface area contributed by atoms with Gasteiger partial charge < -0.3 is 20.5 Å². The third-order valence-electron chi connectivity index (χ3n) is 3.18. The molecule has 0 radical (unpaired) electrons. The van der Waals surface area contributed by atoms with E-state index >= 15 is 0 Å². The van der Waals surface area contributed by atoms with Gasteiger partial charge in [-0.05, 0) is 48.5 Å². The molecule has 2 aromatic rings. The van der Waals surface area contributed by atoms with Gasteiger partial charge in [0, 0.05) is 17.6 Å². The van der Waals surface area contributed by atoms with Crippen LogP contribution in [0.25, 0.3) is 0 Å². The third-order valence-corrected chi connectivity index (χ3v) is 3.18. The molecule has 3 N–H and O–H groups in total. The van der Waals surface area contributed by atoms with Crippen LogP contribution in [-0.4, -0.2) is 24.1 Å². The highest BCUT2D eigenvalue weighted by Crippen LogP contribution is 2.15. The molecule has 0 spiro atoms. The number of benzene rings is 2. The van der Waals surface area contributed by atoms with E-state index in [-0.39, 0.29) is 11.3 Å². The Morgan fingerprint density at radius 2 is 1.68 bits per heavy atom. The van der Waals surface area contributed by atoms with Crippen molar-refractivity contribution in [2.24, 2.45) is 0 Å². The first-order valence-corrected chi connectivity index (χ1v) is 7.19. The summed E-state index contributed by atoms with van der Waals surface area (Å²) in [4.78, 5) is 23.4. The molecule has 0 heterocycles. The van der Waals surface area contributed by atoms with Crippen molar-refractivity contribution in [3.63, 3.8) is 0 Å². The molecule has 0 atom stereocenters. The minimum Gasteiger partial charge on any atom is -0.508 e. The molecule has 2 aromatic carbocycles. The first-order chi connectivity index (χ1) is 12.0. The minimum absolute atomic E-state index is 0.0751. The Bertz CT molecular complexity index is 834. The lowest BCUT2D eigenvalue weighted by molar-refractivity contribution is -0.112. The number of carbonyl (C=O) groups excluding carboxylic acids is 2. The summed E-state index contributed by atoms with van der Waals surface area (Å²) in [6.07, 6.45) is 1.27. The Morgan fingerprint density at radius 1 is 1.08 bits per heavy atom. The van der Waals surface area contributed by atoms with Crippen LogP contribution in [0.15, 0.2) is 60.3 Å². The SMILES string of the molecule is COC(=O)c1ccc(N/C=C(/C#N)C(=O)Nc2ccc(O)cc2)cc1. The van der Waals surface area contributed by atoms with Gasteiger partial charge in [-0.15, -0.1) is 0 Å². The Balaban J connectivity index is 2.04. The quantitative estimate of drug-likeness (QED) is 0.335. The fourth-order valence-electron chi connectivity index (χ4n) is 1.87. The van der Waals surface area contributed by atoms with Gasteiger partial charge in [-0.2, -0.15) is 5.26 Å². The van der Waals surface area contributed by atoms with Crippen LogP contribution < -0.4 is 10.6 Å². The van der Waals surface area contributed by atoms with E-state index in [9.17, 15) is 14.7 Å². The molecule has 0 aromatic heterocycles. The molecule has 0 bridgehead atoms. The zero-order valence-electron chi connectivity index (χ0n) is 13.3. The maximum atomic E-state index is 12.1. The van der Waals surface area contributed by atoms with Gasteiger partial charge in [0.1, 0.15) is 17.4 Å². The number of anilines is 2. The number of hydrogen-bond acceptors (Lipinski definition) is 6.